The molecule has 5 amide bonds. The van der Waals surface area contributed by atoms with Crippen LogP contribution in [-0.2, 0) is 17.8 Å². The molecule has 3 saturated heterocycles. The van der Waals surface area contributed by atoms with E-state index >= 15 is 0 Å². The number of likely N-dealkylation sites (tertiary alicyclic amines) is 2. The van der Waals surface area contributed by atoms with Gasteiger partial charge in [0.25, 0.3) is 0 Å². The van der Waals surface area contributed by atoms with Crippen LogP contribution in [0.15, 0.2) is 39.3 Å². The Morgan fingerprint density at radius 3 is 2.35 bits per heavy atom. The van der Waals surface area contributed by atoms with E-state index in [1.165, 1.54) is 6.07 Å². The number of nitrogens with zero attached hydrogens (tertiary/aromatic N) is 3. The molecule has 0 saturated carbocycles. The van der Waals surface area contributed by atoms with E-state index in [1.54, 1.807) is 21.9 Å². The minimum absolute atomic E-state index is 0.0828. The van der Waals surface area contributed by atoms with E-state index < -0.39 is 12.2 Å². The smallest absolute Gasteiger partial charge is 0.449 e. The largest absolute Gasteiger partial charge is 0.511 e. The van der Waals surface area contributed by atoms with Gasteiger partial charge in [-0.2, -0.15) is 0 Å². The van der Waals surface area contributed by atoms with Crippen molar-refractivity contribution in [1.82, 2.24) is 20.4 Å². The maximum atomic E-state index is 14.8. The van der Waals surface area contributed by atoms with Crippen LogP contribution in [0.2, 0.25) is 0 Å². The summed E-state index contributed by atoms with van der Waals surface area (Å²) in [5.74, 6) is 0.219. The molecule has 4 aliphatic heterocycles. The summed E-state index contributed by atoms with van der Waals surface area (Å²) in [5, 5.41) is 18.4. The highest BCUT2D eigenvalue weighted by Gasteiger charge is 2.49. The molecule has 13 nitrogen and oxygen atoms in total. The molecule has 1 atom stereocenters. The lowest BCUT2D eigenvalue weighted by atomic mass is 9.93. The summed E-state index contributed by atoms with van der Waals surface area (Å²) in [6.45, 7) is 4.62. The third-order valence-electron chi connectivity index (χ3n) is 10.6. The fourth-order valence-electron chi connectivity index (χ4n) is 7.98. The number of halogens is 2. The zero-order chi connectivity index (χ0) is 34.7. The number of nitrogen functional groups attached to an aromatic ring is 1. The molecule has 3 fully saturated rings. The van der Waals surface area contributed by atoms with Crippen LogP contribution in [-0.4, -0.2) is 101 Å². The normalized spacial score (nSPS) is 20.6. The third kappa shape index (κ3) is 7.84. The number of nitrogens with one attached hydrogen (secondary N) is 3. The molecule has 0 radical (unpaired) electrons. The highest BCUT2D eigenvalue weighted by Crippen LogP contribution is 2.34. The summed E-state index contributed by atoms with van der Waals surface area (Å²) in [6.07, 6.45) is 5.07. The molecule has 264 valence electrons. The summed E-state index contributed by atoms with van der Waals surface area (Å²) in [4.78, 5) is 56.3. The van der Waals surface area contributed by atoms with Crippen LogP contribution in [0, 0.1) is 0 Å². The van der Waals surface area contributed by atoms with E-state index in [1.807, 2.05) is 12.1 Å². The van der Waals surface area contributed by atoms with E-state index in [9.17, 15) is 19.2 Å². The second-order valence-electron chi connectivity index (χ2n) is 13.5. The third-order valence-corrected chi connectivity index (χ3v) is 11.9. The number of quaternary nitrogens is 1. The van der Waals surface area contributed by atoms with Gasteiger partial charge in [0.2, 0.25) is 0 Å². The van der Waals surface area contributed by atoms with Gasteiger partial charge < -0.3 is 41.3 Å². The number of benzene rings is 2. The number of nitrogens with two attached hydrogens (primary N) is 1. The first-order valence-corrected chi connectivity index (χ1v) is 18.6. The number of rotatable bonds is 7. The number of ether oxygens (including phenoxy) is 1. The Balaban J connectivity index is 1.16. The highest BCUT2D eigenvalue weighted by atomic mass is 79.9. The predicted octanol–water partition coefficient (Wildman–Crippen LogP) is 5.26. The summed E-state index contributed by atoms with van der Waals surface area (Å²) < 4.78 is 6.61. The van der Waals surface area contributed by atoms with Gasteiger partial charge in [-0.25, -0.2) is 19.2 Å². The van der Waals surface area contributed by atoms with Crippen molar-refractivity contribution in [3.63, 3.8) is 0 Å². The molecule has 15 heteroatoms. The number of fused-ring (bicyclic) bond motifs is 1. The van der Waals surface area contributed by atoms with Gasteiger partial charge in [-0.15, -0.1) is 0 Å². The number of hydrogen-bond acceptors (Lipinski definition) is 7. The van der Waals surface area contributed by atoms with Crippen LogP contribution in [0.4, 0.5) is 25.8 Å². The molecule has 2 aromatic carbocycles. The van der Waals surface area contributed by atoms with Crippen LogP contribution in [0.1, 0.15) is 56.1 Å². The van der Waals surface area contributed by atoms with E-state index in [4.69, 9.17) is 15.6 Å². The summed E-state index contributed by atoms with van der Waals surface area (Å²) in [6, 6.07) is 7.54. The van der Waals surface area contributed by atoms with Gasteiger partial charge >= 0.3 is 24.1 Å². The zero-order valence-corrected chi connectivity index (χ0v) is 30.6. The van der Waals surface area contributed by atoms with Gasteiger partial charge in [-0.05, 0) is 93.3 Å². The Bertz CT molecular complexity index is 1570. The van der Waals surface area contributed by atoms with Crippen LogP contribution in [0.3, 0.4) is 0 Å². The second-order valence-corrected chi connectivity index (χ2v) is 15.2. The SMILES string of the molecule is Nc1c(Br)cc(C[C@@H](NC(=O)N2CCC(N3Cc4ccc(OC(=O)O)cc4NC3=O)CC2)C(=O)[N+]2(C3CCNCC3)CCCCC2)cc1Br. The number of anilines is 2. The number of urea groups is 2. The lowest BCUT2D eigenvalue weighted by Gasteiger charge is -2.48. The molecule has 6 N–H and O–H groups in total. The van der Waals surface area contributed by atoms with Gasteiger partial charge in [0, 0.05) is 73.0 Å². The number of carbonyl (C=O) groups excluding carboxylic acids is 3. The predicted molar refractivity (Wildman–Crippen MR) is 191 cm³/mol. The number of amides is 5. The Morgan fingerprint density at radius 2 is 1.69 bits per heavy atom. The summed E-state index contributed by atoms with van der Waals surface area (Å²) >= 11 is 7.09. The Morgan fingerprint density at radius 1 is 1.02 bits per heavy atom. The van der Waals surface area contributed by atoms with E-state index in [0.29, 0.717) is 54.8 Å². The molecule has 0 spiro atoms. The number of hydrogen-bond donors (Lipinski definition) is 5. The molecular weight excluding hydrogens is 762 g/mol. The first kappa shape index (κ1) is 35.4. The zero-order valence-electron chi connectivity index (χ0n) is 27.4. The fourth-order valence-corrected chi connectivity index (χ4v) is 9.26. The standard InChI is InChI=1S/C34H43Br2N7O6/c35-26-16-21(17-27(36)30(26)37)18-29(31(44)43(14-2-1-3-15-43)24-6-10-38-11-7-24)40-32(45)41-12-8-23(9-13-41)42-20-22-4-5-25(49-34(47)48)19-28(22)39-33(42)46/h4-5,16-17,19,23-24,29,38H,1-3,6-15,18,20,37H2,(H2-,39,40,45,46,47,48)/p+1/t29-/m1/s1. The Hall–Kier alpha value is -3.40. The molecule has 0 aromatic heterocycles. The lowest BCUT2D eigenvalue weighted by molar-refractivity contribution is -0.886. The number of carbonyl (C=O) groups is 4. The Kier molecular flexibility index (Phi) is 11.0. The molecule has 0 unspecified atom stereocenters. The molecule has 4 heterocycles. The Labute approximate surface area is 302 Å². The van der Waals surface area contributed by atoms with Crippen molar-refractivity contribution in [3.8, 4) is 5.75 Å². The van der Waals surface area contributed by atoms with Crippen molar-refractivity contribution in [3.05, 3.63) is 50.4 Å². The van der Waals surface area contributed by atoms with E-state index in [-0.39, 0.29) is 35.8 Å². The monoisotopic (exact) mass is 804 g/mol. The van der Waals surface area contributed by atoms with Crippen molar-refractivity contribution < 1.29 is 33.5 Å². The van der Waals surface area contributed by atoms with Crippen molar-refractivity contribution in [2.75, 3.05) is 50.3 Å². The molecule has 6 rings (SSSR count). The van der Waals surface area contributed by atoms with Gasteiger partial charge in [0.1, 0.15) is 11.8 Å². The van der Waals surface area contributed by atoms with Crippen LogP contribution >= 0.6 is 31.9 Å². The average molecular weight is 807 g/mol. The topological polar surface area (TPSA) is 166 Å². The minimum Gasteiger partial charge on any atom is -0.449 e. The second kappa shape index (κ2) is 15.2. The average Bonchev–Trinajstić information content (AvgIpc) is 3.10. The van der Waals surface area contributed by atoms with Gasteiger partial charge in [0.15, 0.2) is 0 Å². The van der Waals surface area contributed by atoms with E-state index in [2.05, 4.69) is 47.8 Å². The van der Waals surface area contributed by atoms with Crippen LogP contribution in [0.5, 0.6) is 5.75 Å². The van der Waals surface area contributed by atoms with Crippen LogP contribution < -0.4 is 26.4 Å². The van der Waals surface area contributed by atoms with Gasteiger partial charge in [0.05, 0.1) is 30.5 Å². The highest BCUT2D eigenvalue weighted by molar-refractivity contribution is 9.11. The first-order chi connectivity index (χ1) is 23.5. The molecule has 0 aliphatic carbocycles. The molecule has 2 aromatic rings. The fraction of sp³-hybridized carbons (Fsp3) is 0.529. The van der Waals surface area contributed by atoms with Crippen molar-refractivity contribution >= 4 is 67.4 Å². The molecule has 49 heavy (non-hydrogen) atoms. The quantitative estimate of drug-likeness (QED) is 0.109. The van der Waals surface area contributed by atoms with Gasteiger partial charge in [-0.3, -0.25) is 4.48 Å². The van der Waals surface area contributed by atoms with Crippen molar-refractivity contribution in [1.29, 1.82) is 0 Å². The molecule has 0 bridgehead atoms. The number of piperidine rings is 3. The summed E-state index contributed by atoms with van der Waals surface area (Å²) in [7, 11) is 0. The van der Waals surface area contributed by atoms with Crippen LogP contribution in [0.25, 0.3) is 0 Å². The van der Waals surface area contributed by atoms with Crippen molar-refractivity contribution in [2.45, 2.75) is 76.0 Å². The van der Waals surface area contributed by atoms with Gasteiger partial charge in [-0.1, -0.05) is 6.07 Å². The summed E-state index contributed by atoms with van der Waals surface area (Å²) in [5.41, 5.74) is 9.02. The maximum absolute atomic E-state index is 14.8. The van der Waals surface area contributed by atoms with Crippen molar-refractivity contribution in [2.24, 2.45) is 0 Å². The molecular formula is C34H44Br2N7O6+. The minimum atomic E-state index is -1.42. The van der Waals surface area contributed by atoms with E-state index in [0.717, 1.165) is 78.4 Å². The number of carboxylic acid groups (broad SMARTS) is 1. The molecule has 4 aliphatic rings. The maximum Gasteiger partial charge on any atom is 0.511 e. The first-order valence-electron chi connectivity index (χ1n) is 17.1. The lowest BCUT2D eigenvalue weighted by Crippen LogP contribution is -2.68.